The third-order valence-corrected chi connectivity index (χ3v) is 3.48. The summed E-state index contributed by atoms with van der Waals surface area (Å²) in [5, 5.41) is 3.44. The fourth-order valence-corrected chi connectivity index (χ4v) is 1.98. The largest absolute Gasteiger partial charge is 0.389 e. The molecule has 0 heterocycles. The van der Waals surface area contributed by atoms with Crippen LogP contribution in [0, 0.1) is 6.92 Å². The highest BCUT2D eigenvalue weighted by atomic mass is 35.5. The first-order chi connectivity index (χ1) is 9.47. The molecular formula is C15H13ClN2OS. The Morgan fingerprint density at radius 3 is 2.60 bits per heavy atom. The molecule has 102 valence electrons. The van der Waals surface area contributed by atoms with Gasteiger partial charge in [0.15, 0.2) is 0 Å². The predicted octanol–water partition coefficient (Wildman–Crippen LogP) is 3.53. The molecular weight excluding hydrogens is 292 g/mol. The first-order valence-corrected chi connectivity index (χ1v) is 6.73. The first-order valence-electron chi connectivity index (χ1n) is 5.95. The quantitative estimate of drug-likeness (QED) is 0.853. The van der Waals surface area contributed by atoms with Crippen molar-refractivity contribution in [2.75, 3.05) is 5.32 Å². The maximum absolute atomic E-state index is 12.1. The lowest BCUT2D eigenvalue weighted by atomic mass is 10.1. The highest BCUT2D eigenvalue weighted by molar-refractivity contribution is 7.80. The molecule has 5 heteroatoms. The molecule has 0 unspecified atom stereocenters. The summed E-state index contributed by atoms with van der Waals surface area (Å²) in [5.41, 5.74) is 8.33. The SMILES string of the molecule is Cc1cc(C(=O)Nc2cccc(C(N)=S)c2)ccc1Cl. The summed E-state index contributed by atoms with van der Waals surface area (Å²) in [6.45, 7) is 1.85. The van der Waals surface area contributed by atoms with E-state index in [0.717, 1.165) is 5.56 Å². The Labute approximate surface area is 127 Å². The summed E-state index contributed by atoms with van der Waals surface area (Å²) < 4.78 is 0. The van der Waals surface area contributed by atoms with E-state index in [9.17, 15) is 4.79 Å². The molecule has 0 aliphatic carbocycles. The van der Waals surface area contributed by atoms with E-state index in [2.05, 4.69) is 5.32 Å². The zero-order valence-electron chi connectivity index (χ0n) is 10.8. The summed E-state index contributed by atoms with van der Waals surface area (Å²) in [7, 11) is 0. The van der Waals surface area contributed by atoms with Crippen molar-refractivity contribution in [2.45, 2.75) is 6.92 Å². The topological polar surface area (TPSA) is 55.1 Å². The summed E-state index contributed by atoms with van der Waals surface area (Å²) in [6, 6.07) is 12.2. The smallest absolute Gasteiger partial charge is 0.255 e. The van der Waals surface area contributed by atoms with Crippen molar-refractivity contribution in [2.24, 2.45) is 5.73 Å². The van der Waals surface area contributed by atoms with Crippen LogP contribution in [0.2, 0.25) is 5.02 Å². The summed E-state index contributed by atoms with van der Waals surface area (Å²) >= 11 is 10.9. The molecule has 2 aromatic rings. The maximum atomic E-state index is 12.1. The molecule has 0 aromatic heterocycles. The minimum atomic E-state index is -0.204. The number of nitrogens with two attached hydrogens (primary N) is 1. The fourth-order valence-electron chi connectivity index (χ4n) is 1.74. The number of rotatable bonds is 3. The van der Waals surface area contributed by atoms with E-state index in [1.165, 1.54) is 0 Å². The minimum Gasteiger partial charge on any atom is -0.389 e. The van der Waals surface area contributed by atoms with Gasteiger partial charge in [-0.15, -0.1) is 0 Å². The van der Waals surface area contributed by atoms with Gasteiger partial charge in [-0.2, -0.15) is 0 Å². The van der Waals surface area contributed by atoms with Crippen LogP contribution in [0.5, 0.6) is 0 Å². The number of benzene rings is 2. The van der Waals surface area contributed by atoms with Gasteiger partial charge in [-0.1, -0.05) is 36.0 Å². The Morgan fingerprint density at radius 1 is 1.20 bits per heavy atom. The van der Waals surface area contributed by atoms with Crippen molar-refractivity contribution in [1.29, 1.82) is 0 Å². The Kier molecular flexibility index (Phi) is 4.37. The van der Waals surface area contributed by atoms with E-state index in [-0.39, 0.29) is 5.91 Å². The maximum Gasteiger partial charge on any atom is 0.255 e. The lowest BCUT2D eigenvalue weighted by Gasteiger charge is -2.08. The number of carbonyl (C=O) groups is 1. The second-order valence-electron chi connectivity index (χ2n) is 4.36. The van der Waals surface area contributed by atoms with Crippen LogP contribution in [-0.2, 0) is 0 Å². The number of anilines is 1. The van der Waals surface area contributed by atoms with Crippen LogP contribution in [0.25, 0.3) is 0 Å². The average molecular weight is 305 g/mol. The fraction of sp³-hybridized carbons (Fsp3) is 0.0667. The summed E-state index contributed by atoms with van der Waals surface area (Å²) in [6.07, 6.45) is 0. The highest BCUT2D eigenvalue weighted by Crippen LogP contribution is 2.18. The zero-order valence-corrected chi connectivity index (χ0v) is 12.4. The van der Waals surface area contributed by atoms with Crippen molar-refractivity contribution in [1.82, 2.24) is 0 Å². The average Bonchev–Trinajstić information content (AvgIpc) is 2.42. The van der Waals surface area contributed by atoms with Gasteiger partial charge in [0, 0.05) is 21.8 Å². The van der Waals surface area contributed by atoms with Crippen LogP contribution in [0.1, 0.15) is 21.5 Å². The number of halogens is 1. The highest BCUT2D eigenvalue weighted by Gasteiger charge is 2.08. The van der Waals surface area contributed by atoms with Crippen molar-refractivity contribution in [3.63, 3.8) is 0 Å². The summed E-state index contributed by atoms with van der Waals surface area (Å²) in [4.78, 5) is 12.4. The number of carbonyl (C=O) groups excluding carboxylic acids is 1. The first kappa shape index (κ1) is 14.5. The second kappa shape index (κ2) is 6.03. The van der Waals surface area contributed by atoms with E-state index in [4.69, 9.17) is 29.6 Å². The minimum absolute atomic E-state index is 0.204. The van der Waals surface area contributed by atoms with Crippen molar-refractivity contribution in [3.8, 4) is 0 Å². The molecule has 0 aliphatic rings. The molecule has 2 rings (SSSR count). The van der Waals surface area contributed by atoms with Gasteiger partial charge >= 0.3 is 0 Å². The molecule has 0 saturated carbocycles. The normalized spacial score (nSPS) is 10.1. The van der Waals surface area contributed by atoms with Gasteiger partial charge in [0.2, 0.25) is 0 Å². The summed E-state index contributed by atoms with van der Waals surface area (Å²) in [5.74, 6) is -0.204. The number of hydrogen-bond donors (Lipinski definition) is 2. The Hall–Kier alpha value is -1.91. The number of thiocarbonyl (C=S) groups is 1. The van der Waals surface area contributed by atoms with Crippen LogP contribution >= 0.6 is 23.8 Å². The molecule has 0 spiro atoms. The molecule has 0 radical (unpaired) electrons. The van der Waals surface area contributed by atoms with Gasteiger partial charge in [0.05, 0.1) is 0 Å². The van der Waals surface area contributed by atoms with E-state index in [0.29, 0.717) is 26.8 Å². The van der Waals surface area contributed by atoms with E-state index < -0.39 is 0 Å². The van der Waals surface area contributed by atoms with Crippen LogP contribution in [0.4, 0.5) is 5.69 Å². The number of nitrogens with one attached hydrogen (secondary N) is 1. The lowest BCUT2D eigenvalue weighted by molar-refractivity contribution is 0.102. The molecule has 1 amide bonds. The molecule has 3 nitrogen and oxygen atoms in total. The molecule has 0 fully saturated rings. The van der Waals surface area contributed by atoms with Crippen molar-refractivity contribution in [3.05, 3.63) is 64.2 Å². The van der Waals surface area contributed by atoms with Gasteiger partial charge in [-0.05, 0) is 42.8 Å². The number of amides is 1. The number of hydrogen-bond acceptors (Lipinski definition) is 2. The van der Waals surface area contributed by atoms with E-state index >= 15 is 0 Å². The van der Waals surface area contributed by atoms with Crippen molar-refractivity contribution >= 4 is 40.4 Å². The molecule has 3 N–H and O–H groups in total. The Bertz CT molecular complexity index is 685. The van der Waals surface area contributed by atoms with Gasteiger partial charge < -0.3 is 11.1 Å². The van der Waals surface area contributed by atoms with Gasteiger partial charge in [-0.3, -0.25) is 4.79 Å². The molecule has 20 heavy (non-hydrogen) atoms. The van der Waals surface area contributed by atoms with Gasteiger partial charge in [0.25, 0.3) is 5.91 Å². The second-order valence-corrected chi connectivity index (χ2v) is 5.21. The molecule has 0 bridgehead atoms. The van der Waals surface area contributed by atoms with Crippen molar-refractivity contribution < 1.29 is 4.79 Å². The monoisotopic (exact) mass is 304 g/mol. The molecule has 0 saturated heterocycles. The number of aryl methyl sites for hydroxylation is 1. The molecule has 0 atom stereocenters. The van der Waals surface area contributed by atoms with E-state index in [1.54, 1.807) is 42.5 Å². The van der Waals surface area contributed by atoms with Crippen LogP contribution < -0.4 is 11.1 Å². The van der Waals surface area contributed by atoms with Crippen LogP contribution in [0.15, 0.2) is 42.5 Å². The molecule has 2 aromatic carbocycles. The van der Waals surface area contributed by atoms with Gasteiger partial charge in [0.1, 0.15) is 4.99 Å². The predicted molar refractivity (Wildman–Crippen MR) is 86.5 cm³/mol. The lowest BCUT2D eigenvalue weighted by Crippen LogP contribution is -2.14. The van der Waals surface area contributed by atoms with Crippen LogP contribution in [0.3, 0.4) is 0 Å². The third-order valence-electron chi connectivity index (χ3n) is 2.83. The van der Waals surface area contributed by atoms with Gasteiger partial charge in [-0.25, -0.2) is 0 Å². The van der Waals surface area contributed by atoms with E-state index in [1.807, 2.05) is 6.92 Å². The Morgan fingerprint density at radius 2 is 1.95 bits per heavy atom. The van der Waals surface area contributed by atoms with Crippen LogP contribution in [-0.4, -0.2) is 10.9 Å². The zero-order chi connectivity index (χ0) is 14.7. The Balaban J connectivity index is 2.21. The third kappa shape index (κ3) is 3.35. The standard InChI is InChI=1S/C15H13ClN2OS/c1-9-7-11(5-6-13(9)16)15(19)18-12-4-2-3-10(8-12)14(17)20/h2-8H,1H3,(H2,17,20)(H,18,19). The molecule has 0 aliphatic heterocycles.